The number of Topliss-reactive ketones (excluding diaryl/α,β-unsaturated/α-hetero) is 1. The van der Waals surface area contributed by atoms with E-state index in [1.54, 1.807) is 24.3 Å². The number of anilines is 1. The minimum atomic E-state index is -0.154. The number of nitrogens with one attached hydrogen (secondary N) is 1. The molecule has 0 saturated heterocycles. The SMILES string of the molecule is CCn1c(C(=O)Nc2ccc(C(C)=O)cc2)cc2ccccc21. The number of aryl methyl sites for hydroxylation is 1. The van der Waals surface area contributed by atoms with Gasteiger partial charge in [-0.25, -0.2) is 0 Å². The van der Waals surface area contributed by atoms with Gasteiger partial charge in [-0.15, -0.1) is 0 Å². The van der Waals surface area contributed by atoms with Gasteiger partial charge in [-0.2, -0.15) is 0 Å². The number of para-hydroxylation sites is 1. The number of fused-ring (bicyclic) bond motifs is 1. The Balaban J connectivity index is 1.90. The van der Waals surface area contributed by atoms with Crippen molar-refractivity contribution in [3.05, 3.63) is 65.9 Å². The first-order valence-electron chi connectivity index (χ1n) is 7.60. The lowest BCUT2D eigenvalue weighted by atomic mass is 10.1. The fourth-order valence-electron chi connectivity index (χ4n) is 2.72. The molecule has 1 aromatic heterocycles. The van der Waals surface area contributed by atoms with Gasteiger partial charge in [-0.1, -0.05) is 18.2 Å². The molecule has 0 saturated carbocycles. The second-order valence-electron chi connectivity index (χ2n) is 5.42. The standard InChI is InChI=1S/C19H18N2O2/c1-3-21-17-7-5-4-6-15(17)12-18(21)19(23)20-16-10-8-14(9-11-16)13(2)22/h4-12H,3H2,1-2H3,(H,20,23). The van der Waals surface area contributed by atoms with Gasteiger partial charge in [0.2, 0.25) is 0 Å². The molecule has 0 fully saturated rings. The largest absolute Gasteiger partial charge is 0.337 e. The molecule has 0 unspecified atom stereocenters. The minimum absolute atomic E-state index is 0.00832. The summed E-state index contributed by atoms with van der Waals surface area (Å²) < 4.78 is 1.99. The molecule has 0 aliphatic carbocycles. The molecule has 1 heterocycles. The Morgan fingerprint density at radius 3 is 2.39 bits per heavy atom. The van der Waals surface area contributed by atoms with Gasteiger partial charge < -0.3 is 9.88 Å². The third-order valence-corrected chi connectivity index (χ3v) is 3.91. The molecule has 23 heavy (non-hydrogen) atoms. The van der Waals surface area contributed by atoms with Crippen molar-refractivity contribution < 1.29 is 9.59 Å². The number of ketones is 1. The highest BCUT2D eigenvalue weighted by Crippen LogP contribution is 2.21. The van der Waals surface area contributed by atoms with Crippen LogP contribution in [-0.2, 0) is 6.54 Å². The Hall–Kier alpha value is -2.88. The van der Waals surface area contributed by atoms with Crippen LogP contribution in [0.1, 0.15) is 34.7 Å². The predicted molar refractivity (Wildman–Crippen MR) is 92.0 cm³/mol. The molecular weight excluding hydrogens is 288 g/mol. The van der Waals surface area contributed by atoms with Crippen molar-refractivity contribution in [1.29, 1.82) is 0 Å². The normalized spacial score (nSPS) is 10.7. The van der Waals surface area contributed by atoms with Gasteiger partial charge >= 0.3 is 0 Å². The van der Waals surface area contributed by atoms with Crippen molar-refractivity contribution in [2.75, 3.05) is 5.32 Å². The van der Waals surface area contributed by atoms with E-state index in [9.17, 15) is 9.59 Å². The molecule has 0 spiro atoms. The van der Waals surface area contributed by atoms with Crippen molar-refractivity contribution in [2.24, 2.45) is 0 Å². The van der Waals surface area contributed by atoms with Crippen LogP contribution in [0, 0.1) is 0 Å². The summed E-state index contributed by atoms with van der Waals surface area (Å²) >= 11 is 0. The van der Waals surface area contributed by atoms with E-state index in [1.807, 2.05) is 41.8 Å². The molecule has 0 radical (unpaired) electrons. The van der Waals surface area contributed by atoms with Crippen LogP contribution in [0.5, 0.6) is 0 Å². The van der Waals surface area contributed by atoms with Crippen LogP contribution in [-0.4, -0.2) is 16.3 Å². The molecule has 4 heteroatoms. The van der Waals surface area contributed by atoms with Gasteiger partial charge in [0.25, 0.3) is 5.91 Å². The van der Waals surface area contributed by atoms with Gasteiger partial charge in [0.05, 0.1) is 0 Å². The second-order valence-corrected chi connectivity index (χ2v) is 5.42. The average Bonchev–Trinajstić information content (AvgIpc) is 2.94. The molecule has 1 N–H and O–H groups in total. The first kappa shape index (κ1) is 15.0. The molecule has 0 aliphatic heterocycles. The van der Waals surface area contributed by atoms with Gasteiger partial charge in [0.1, 0.15) is 5.69 Å². The number of hydrogen-bond donors (Lipinski definition) is 1. The Morgan fingerprint density at radius 1 is 1.04 bits per heavy atom. The Bertz CT molecular complexity index is 876. The first-order valence-corrected chi connectivity index (χ1v) is 7.60. The summed E-state index contributed by atoms with van der Waals surface area (Å²) in [5.74, 6) is -0.146. The third kappa shape index (κ3) is 2.88. The van der Waals surface area contributed by atoms with Crippen LogP contribution in [0.2, 0.25) is 0 Å². The number of amides is 1. The molecule has 3 aromatic rings. The van der Waals surface area contributed by atoms with Gasteiger partial charge in [0, 0.05) is 28.7 Å². The number of aromatic nitrogens is 1. The van der Waals surface area contributed by atoms with Crippen LogP contribution in [0.4, 0.5) is 5.69 Å². The summed E-state index contributed by atoms with van der Waals surface area (Å²) in [5.41, 5.74) is 2.98. The van der Waals surface area contributed by atoms with Gasteiger partial charge in [0.15, 0.2) is 5.78 Å². The van der Waals surface area contributed by atoms with Gasteiger partial charge in [-0.05, 0) is 50.2 Å². The van der Waals surface area contributed by atoms with E-state index in [-0.39, 0.29) is 11.7 Å². The maximum atomic E-state index is 12.6. The monoisotopic (exact) mass is 306 g/mol. The molecule has 1 amide bonds. The summed E-state index contributed by atoms with van der Waals surface area (Å²) in [6, 6.07) is 16.8. The molecule has 0 atom stereocenters. The van der Waals surface area contributed by atoms with Crippen molar-refractivity contribution >= 4 is 28.3 Å². The van der Waals surface area contributed by atoms with E-state index in [2.05, 4.69) is 5.32 Å². The molecule has 3 rings (SSSR count). The van der Waals surface area contributed by atoms with Crippen LogP contribution in [0.25, 0.3) is 10.9 Å². The summed E-state index contributed by atoms with van der Waals surface area (Å²) in [7, 11) is 0. The summed E-state index contributed by atoms with van der Waals surface area (Å²) in [4.78, 5) is 23.9. The molecule has 116 valence electrons. The smallest absolute Gasteiger partial charge is 0.272 e. The zero-order valence-electron chi connectivity index (χ0n) is 13.2. The van der Waals surface area contributed by atoms with Crippen molar-refractivity contribution in [1.82, 2.24) is 4.57 Å². The van der Waals surface area contributed by atoms with Crippen LogP contribution in [0.15, 0.2) is 54.6 Å². The number of carbonyl (C=O) groups is 2. The highest BCUT2D eigenvalue weighted by molar-refractivity contribution is 6.06. The van der Waals surface area contributed by atoms with E-state index in [1.165, 1.54) is 6.92 Å². The number of rotatable bonds is 4. The maximum Gasteiger partial charge on any atom is 0.272 e. The highest BCUT2D eigenvalue weighted by Gasteiger charge is 2.14. The Labute approximate surface area is 134 Å². The Morgan fingerprint density at radius 2 is 1.74 bits per heavy atom. The molecule has 4 nitrogen and oxygen atoms in total. The van der Waals surface area contributed by atoms with Crippen LogP contribution >= 0.6 is 0 Å². The van der Waals surface area contributed by atoms with Crippen molar-refractivity contribution in [2.45, 2.75) is 20.4 Å². The first-order chi connectivity index (χ1) is 11.1. The molecule has 0 aliphatic rings. The summed E-state index contributed by atoms with van der Waals surface area (Å²) in [5, 5.41) is 3.94. The second kappa shape index (κ2) is 6.08. The van der Waals surface area contributed by atoms with E-state index >= 15 is 0 Å². The lowest BCUT2D eigenvalue weighted by Crippen LogP contribution is -2.16. The molecule has 0 bridgehead atoms. The fraction of sp³-hybridized carbons (Fsp3) is 0.158. The van der Waals surface area contributed by atoms with E-state index in [0.29, 0.717) is 16.9 Å². The van der Waals surface area contributed by atoms with Crippen LogP contribution in [0.3, 0.4) is 0 Å². The predicted octanol–water partition coefficient (Wildman–Crippen LogP) is 4.12. The third-order valence-electron chi connectivity index (χ3n) is 3.91. The number of nitrogens with zero attached hydrogens (tertiary/aromatic N) is 1. The number of hydrogen-bond acceptors (Lipinski definition) is 2. The topological polar surface area (TPSA) is 51.1 Å². The lowest BCUT2D eigenvalue weighted by molar-refractivity contribution is 0.101. The zero-order valence-corrected chi connectivity index (χ0v) is 13.2. The fourth-order valence-corrected chi connectivity index (χ4v) is 2.72. The van der Waals surface area contributed by atoms with E-state index in [0.717, 1.165) is 17.4 Å². The zero-order chi connectivity index (χ0) is 16.4. The maximum absolute atomic E-state index is 12.6. The van der Waals surface area contributed by atoms with Crippen molar-refractivity contribution in [3.63, 3.8) is 0 Å². The van der Waals surface area contributed by atoms with Crippen molar-refractivity contribution in [3.8, 4) is 0 Å². The molecular formula is C19H18N2O2. The van der Waals surface area contributed by atoms with E-state index in [4.69, 9.17) is 0 Å². The summed E-state index contributed by atoms with van der Waals surface area (Å²) in [6.45, 7) is 4.26. The summed E-state index contributed by atoms with van der Waals surface area (Å²) in [6.07, 6.45) is 0. The van der Waals surface area contributed by atoms with Gasteiger partial charge in [-0.3, -0.25) is 9.59 Å². The highest BCUT2D eigenvalue weighted by atomic mass is 16.2. The Kier molecular flexibility index (Phi) is 3.98. The molecule has 2 aromatic carbocycles. The van der Waals surface area contributed by atoms with E-state index < -0.39 is 0 Å². The quantitative estimate of drug-likeness (QED) is 0.737. The number of benzene rings is 2. The minimum Gasteiger partial charge on any atom is -0.337 e. The number of carbonyl (C=O) groups excluding carboxylic acids is 2. The lowest BCUT2D eigenvalue weighted by Gasteiger charge is -2.09. The average molecular weight is 306 g/mol. The van der Waals surface area contributed by atoms with Crippen LogP contribution < -0.4 is 5.32 Å².